The Hall–Kier alpha value is -2.83. The molecule has 0 N–H and O–H groups in total. The summed E-state index contributed by atoms with van der Waals surface area (Å²) in [6.45, 7) is 10.7. The highest BCUT2D eigenvalue weighted by atomic mass is 16.8. The molecule has 0 aromatic heterocycles. The van der Waals surface area contributed by atoms with Crippen molar-refractivity contribution in [1.29, 1.82) is 0 Å². The molecule has 0 spiro atoms. The molecule has 1 saturated heterocycles. The summed E-state index contributed by atoms with van der Waals surface area (Å²) in [5.41, 5.74) is -0.0512. The highest BCUT2D eigenvalue weighted by Crippen LogP contribution is 2.31. The summed E-state index contributed by atoms with van der Waals surface area (Å²) < 4.78 is 37.8. The van der Waals surface area contributed by atoms with Crippen LogP contribution in [0.2, 0.25) is 0 Å². The van der Waals surface area contributed by atoms with Crippen molar-refractivity contribution in [2.24, 2.45) is 0 Å². The van der Waals surface area contributed by atoms with Crippen LogP contribution in [0.3, 0.4) is 0 Å². The Morgan fingerprint density at radius 2 is 1.33 bits per heavy atom. The summed E-state index contributed by atoms with van der Waals surface area (Å²) in [6, 6.07) is 0. The van der Waals surface area contributed by atoms with Gasteiger partial charge in [0.15, 0.2) is 30.4 Å². The van der Waals surface area contributed by atoms with Crippen LogP contribution in [0, 0.1) is 0 Å². The van der Waals surface area contributed by atoms with E-state index in [2.05, 4.69) is 6.58 Å². The van der Waals surface area contributed by atoms with Gasteiger partial charge < -0.3 is 33.2 Å². The van der Waals surface area contributed by atoms with Crippen molar-refractivity contribution in [3.05, 3.63) is 12.2 Å². The number of hydrogen-bond acceptors (Lipinski definition) is 12. The minimum atomic E-state index is -1.49. The molecular weight excluding hydrogens is 444 g/mol. The molecule has 0 aromatic carbocycles. The van der Waals surface area contributed by atoms with Gasteiger partial charge in [-0.1, -0.05) is 6.58 Å². The predicted octanol–water partition coefficient (Wildman–Crippen LogP) is 0.594. The average molecular weight is 474 g/mol. The Morgan fingerprint density at radius 1 is 0.818 bits per heavy atom. The van der Waals surface area contributed by atoms with E-state index in [9.17, 15) is 24.0 Å². The summed E-state index contributed by atoms with van der Waals surface area (Å²) in [5, 5.41) is 0. The summed E-state index contributed by atoms with van der Waals surface area (Å²) in [5.74, 6) is -3.41. The second kappa shape index (κ2) is 13.0. The topological polar surface area (TPSA) is 150 Å². The van der Waals surface area contributed by atoms with Crippen LogP contribution in [0.4, 0.5) is 0 Å². The van der Waals surface area contributed by atoms with E-state index in [0.29, 0.717) is 0 Å². The zero-order valence-corrected chi connectivity index (χ0v) is 19.5. The first kappa shape index (κ1) is 28.2. The number of esters is 4. The Morgan fingerprint density at radius 3 is 1.79 bits per heavy atom. The summed E-state index contributed by atoms with van der Waals surface area (Å²) in [4.78, 5) is 58.5. The van der Waals surface area contributed by atoms with Crippen molar-refractivity contribution in [3.63, 3.8) is 0 Å². The molecule has 1 aliphatic heterocycles. The Labute approximate surface area is 191 Å². The molecule has 6 atom stereocenters. The van der Waals surface area contributed by atoms with Gasteiger partial charge in [-0.2, -0.15) is 0 Å². The lowest BCUT2D eigenvalue weighted by molar-refractivity contribution is -0.333. The normalized spacial score (nSPS) is 25.3. The highest BCUT2D eigenvalue weighted by Gasteiger charge is 2.53. The Kier molecular flexibility index (Phi) is 11.1. The van der Waals surface area contributed by atoms with Gasteiger partial charge >= 0.3 is 23.9 Å². The molecule has 0 saturated carbocycles. The van der Waals surface area contributed by atoms with E-state index in [1.54, 1.807) is 6.92 Å². The fraction of sp³-hybridized carbons (Fsp3) is 0.667. The fourth-order valence-corrected chi connectivity index (χ4v) is 2.96. The van der Waals surface area contributed by atoms with E-state index in [0.717, 1.165) is 27.7 Å². The maximum absolute atomic E-state index is 11.8. The third-order valence-corrected chi connectivity index (χ3v) is 4.26. The molecule has 1 aliphatic rings. The number of ether oxygens (including phenoxy) is 7. The second-order valence-electron chi connectivity index (χ2n) is 7.07. The molecule has 0 aliphatic carbocycles. The van der Waals surface area contributed by atoms with Crippen molar-refractivity contribution in [1.82, 2.24) is 0 Å². The summed E-state index contributed by atoms with van der Waals surface area (Å²) in [6.07, 6.45) is -8.13. The molecule has 12 nitrogen and oxygen atoms in total. The lowest BCUT2D eigenvalue weighted by Gasteiger charge is -2.44. The maximum Gasteiger partial charge on any atom is 0.303 e. The zero-order valence-electron chi connectivity index (χ0n) is 19.5. The van der Waals surface area contributed by atoms with Gasteiger partial charge in [-0.25, -0.2) is 0 Å². The van der Waals surface area contributed by atoms with Crippen LogP contribution in [0.1, 0.15) is 41.5 Å². The molecular formula is C21H30O12. The van der Waals surface area contributed by atoms with Crippen LogP contribution < -0.4 is 0 Å². The molecule has 33 heavy (non-hydrogen) atoms. The third-order valence-electron chi connectivity index (χ3n) is 4.26. The van der Waals surface area contributed by atoms with Crippen LogP contribution in [0.15, 0.2) is 12.2 Å². The number of carbonyl (C=O) groups is 5. The van der Waals surface area contributed by atoms with E-state index in [4.69, 9.17) is 33.2 Å². The Balaban J connectivity index is 3.44. The predicted molar refractivity (Wildman–Crippen MR) is 108 cm³/mol. The smallest absolute Gasteiger partial charge is 0.303 e. The Bertz CT molecular complexity index is 760. The first-order chi connectivity index (χ1) is 15.4. The third kappa shape index (κ3) is 8.91. The summed E-state index contributed by atoms with van der Waals surface area (Å²) in [7, 11) is 0. The summed E-state index contributed by atoms with van der Waals surface area (Å²) >= 11 is 0. The van der Waals surface area contributed by atoms with E-state index < -0.39 is 73.3 Å². The molecule has 1 fully saturated rings. The van der Waals surface area contributed by atoms with Crippen LogP contribution in [0.25, 0.3) is 0 Å². The van der Waals surface area contributed by atoms with Gasteiger partial charge in [0.05, 0.1) is 0 Å². The number of ketones is 1. The SMILES string of the molecule is C=C(C(C)=O)[C@@H](OCC)O[C@@H]1O[C@H](COC(C)=O)[C@@H](OC(C)=O)[C@H](OC(C)=O)[C@H]1OC(C)=O. The molecule has 0 unspecified atom stereocenters. The van der Waals surface area contributed by atoms with Gasteiger partial charge in [0.1, 0.15) is 12.7 Å². The van der Waals surface area contributed by atoms with Gasteiger partial charge in [0.2, 0.25) is 6.29 Å². The molecule has 0 amide bonds. The van der Waals surface area contributed by atoms with E-state index >= 15 is 0 Å². The molecule has 1 heterocycles. The minimum absolute atomic E-state index is 0.0512. The first-order valence-electron chi connectivity index (χ1n) is 10.1. The zero-order chi connectivity index (χ0) is 25.3. The maximum atomic E-state index is 11.8. The van der Waals surface area contributed by atoms with Crippen LogP contribution >= 0.6 is 0 Å². The van der Waals surface area contributed by atoms with Crippen LogP contribution in [-0.4, -0.2) is 79.9 Å². The second-order valence-corrected chi connectivity index (χ2v) is 7.07. The number of hydrogen-bond donors (Lipinski definition) is 0. The van der Waals surface area contributed by atoms with Gasteiger partial charge in [-0.15, -0.1) is 0 Å². The van der Waals surface area contributed by atoms with Crippen molar-refractivity contribution in [2.45, 2.75) is 78.5 Å². The van der Waals surface area contributed by atoms with Crippen molar-refractivity contribution >= 4 is 29.7 Å². The van der Waals surface area contributed by atoms with Crippen molar-refractivity contribution in [3.8, 4) is 0 Å². The molecule has 1 rings (SSSR count). The van der Waals surface area contributed by atoms with Crippen LogP contribution in [-0.2, 0) is 57.1 Å². The van der Waals surface area contributed by atoms with Gasteiger partial charge in [0.25, 0.3) is 0 Å². The highest BCUT2D eigenvalue weighted by molar-refractivity contribution is 5.93. The monoisotopic (exact) mass is 474 g/mol. The average Bonchev–Trinajstić information content (AvgIpc) is 2.68. The van der Waals surface area contributed by atoms with E-state index in [-0.39, 0.29) is 12.2 Å². The van der Waals surface area contributed by atoms with Crippen molar-refractivity contribution < 1.29 is 57.1 Å². The number of Topliss-reactive ketones (excluding diaryl/α,β-unsaturated/α-hetero) is 1. The van der Waals surface area contributed by atoms with E-state index in [1.807, 2.05) is 0 Å². The largest absolute Gasteiger partial charge is 0.463 e. The quantitative estimate of drug-likeness (QED) is 0.178. The molecule has 0 bridgehead atoms. The number of rotatable bonds is 11. The molecule has 0 radical (unpaired) electrons. The standard InChI is InChI=1S/C21H30O12/c1-8-27-20(10(2)11(3)22)33-21-19(31-15(7)26)18(30-14(6)25)17(29-13(5)24)16(32-21)9-28-12(4)23/h16-21H,2,8-9H2,1,3-7H3/t16-,17-,18+,19-,20+,21+/m1/s1. The number of carbonyl (C=O) groups excluding carboxylic acids is 5. The molecule has 186 valence electrons. The van der Waals surface area contributed by atoms with Crippen LogP contribution in [0.5, 0.6) is 0 Å². The van der Waals surface area contributed by atoms with E-state index in [1.165, 1.54) is 6.92 Å². The molecule has 12 heteroatoms. The van der Waals surface area contributed by atoms with Gasteiger partial charge in [-0.3, -0.25) is 24.0 Å². The molecule has 0 aromatic rings. The first-order valence-corrected chi connectivity index (χ1v) is 10.1. The van der Waals surface area contributed by atoms with Crippen molar-refractivity contribution in [2.75, 3.05) is 13.2 Å². The lowest BCUT2D eigenvalue weighted by Crippen LogP contribution is -2.63. The van der Waals surface area contributed by atoms with Gasteiger partial charge in [0, 0.05) is 39.9 Å². The lowest BCUT2D eigenvalue weighted by atomic mass is 9.98. The minimum Gasteiger partial charge on any atom is -0.463 e. The van der Waals surface area contributed by atoms with Gasteiger partial charge in [-0.05, 0) is 13.8 Å². The fourth-order valence-electron chi connectivity index (χ4n) is 2.96.